The Morgan fingerprint density at radius 3 is 2.84 bits per heavy atom. The zero-order valence-corrected chi connectivity index (χ0v) is 21.9. The zero-order valence-electron chi connectivity index (χ0n) is 21.1. The number of aryl methyl sites for hydroxylation is 1. The van der Waals surface area contributed by atoms with Crippen molar-refractivity contribution in [1.29, 1.82) is 0 Å². The first-order valence-electron chi connectivity index (χ1n) is 13.2. The molecule has 0 spiro atoms. The fourth-order valence-electron chi connectivity index (χ4n) is 5.05. The van der Waals surface area contributed by atoms with Crippen molar-refractivity contribution in [3.05, 3.63) is 72.1 Å². The smallest absolute Gasteiger partial charge is 0.257 e. The van der Waals surface area contributed by atoms with Crippen LogP contribution in [0.5, 0.6) is 11.5 Å². The van der Waals surface area contributed by atoms with E-state index in [4.69, 9.17) is 4.74 Å². The van der Waals surface area contributed by atoms with Crippen LogP contribution in [0, 0.1) is 5.92 Å². The van der Waals surface area contributed by atoms with Gasteiger partial charge in [0, 0.05) is 17.5 Å². The van der Waals surface area contributed by atoms with Crippen molar-refractivity contribution in [2.75, 3.05) is 18.4 Å². The second-order valence-corrected chi connectivity index (χ2v) is 10.8. The van der Waals surface area contributed by atoms with Gasteiger partial charge in [0.2, 0.25) is 0 Å². The standard InChI is InChI=1S/C29H30N6O2S/c36-28(33-29-32-22-8-3-4-10-25(22)38-29)20-11-13-21(14-12-20)37-24-15-17-31-27-26(24)23(34-35-27)9-2-1-6-19-7-5-16-30-18-19/h3-4,8,10-15,17,19,30H,1-2,5-7,9,16,18H2,(H,31,34,35)(H,32,33,36)/t19-/m1/s1. The maximum absolute atomic E-state index is 12.8. The number of fused-ring (bicyclic) bond motifs is 2. The molecule has 0 aliphatic carbocycles. The molecule has 3 N–H and O–H groups in total. The lowest BCUT2D eigenvalue weighted by molar-refractivity contribution is 0.102. The minimum absolute atomic E-state index is 0.206. The lowest BCUT2D eigenvalue weighted by Gasteiger charge is -2.22. The van der Waals surface area contributed by atoms with Gasteiger partial charge < -0.3 is 10.1 Å². The molecular formula is C29H30N6O2S. The Bertz CT molecular complexity index is 1510. The second kappa shape index (κ2) is 11.3. The Balaban J connectivity index is 1.10. The zero-order chi connectivity index (χ0) is 25.7. The SMILES string of the molecule is O=C(Nc1nc2ccccc2s1)c1ccc(Oc2ccnc3n[nH]c(CCCC[C@@H]4CCCNC4)c23)cc1. The topological polar surface area (TPSA) is 105 Å². The number of benzene rings is 2. The van der Waals surface area contributed by atoms with Crippen LogP contribution in [0.4, 0.5) is 5.13 Å². The van der Waals surface area contributed by atoms with E-state index in [0.717, 1.165) is 53.1 Å². The van der Waals surface area contributed by atoms with Gasteiger partial charge in [-0.05, 0) is 93.6 Å². The molecule has 0 saturated carbocycles. The van der Waals surface area contributed by atoms with E-state index >= 15 is 0 Å². The lowest BCUT2D eigenvalue weighted by atomic mass is 9.93. The van der Waals surface area contributed by atoms with Crippen LogP contribution in [-0.4, -0.2) is 39.2 Å². The van der Waals surface area contributed by atoms with E-state index in [9.17, 15) is 4.79 Å². The summed E-state index contributed by atoms with van der Waals surface area (Å²) in [6.07, 6.45) is 8.80. The van der Waals surface area contributed by atoms with E-state index in [-0.39, 0.29) is 5.91 Å². The molecule has 9 heteroatoms. The third-order valence-corrected chi connectivity index (χ3v) is 7.99. The fourth-order valence-corrected chi connectivity index (χ4v) is 5.91. The molecule has 5 aromatic rings. The van der Waals surface area contributed by atoms with Crippen LogP contribution < -0.4 is 15.4 Å². The van der Waals surface area contributed by atoms with E-state index in [2.05, 4.69) is 30.8 Å². The summed E-state index contributed by atoms with van der Waals surface area (Å²) in [5.41, 5.74) is 3.12. The van der Waals surface area contributed by atoms with Crippen molar-refractivity contribution in [2.45, 2.75) is 38.5 Å². The van der Waals surface area contributed by atoms with Crippen LogP contribution in [0.1, 0.15) is 48.2 Å². The average molecular weight is 527 g/mol. The number of para-hydroxylation sites is 1. The maximum Gasteiger partial charge on any atom is 0.257 e. The first-order valence-corrected chi connectivity index (χ1v) is 14.0. The molecule has 2 aromatic carbocycles. The average Bonchev–Trinajstić information content (AvgIpc) is 3.56. The van der Waals surface area contributed by atoms with Crippen LogP contribution in [0.2, 0.25) is 0 Å². The minimum Gasteiger partial charge on any atom is -0.456 e. The summed E-state index contributed by atoms with van der Waals surface area (Å²) in [6.45, 7) is 2.31. The molecule has 194 valence electrons. The van der Waals surface area contributed by atoms with Gasteiger partial charge in [0.15, 0.2) is 10.8 Å². The number of aromatic amines is 1. The molecule has 1 atom stereocenters. The van der Waals surface area contributed by atoms with Crippen molar-refractivity contribution in [3.8, 4) is 11.5 Å². The Kier molecular flexibility index (Phi) is 7.28. The number of carbonyl (C=O) groups excluding carboxylic acids is 1. The van der Waals surface area contributed by atoms with Crippen molar-refractivity contribution in [2.24, 2.45) is 5.92 Å². The molecule has 38 heavy (non-hydrogen) atoms. The molecule has 3 aromatic heterocycles. The first kappa shape index (κ1) is 24.5. The van der Waals surface area contributed by atoms with Gasteiger partial charge in [0.05, 0.1) is 15.6 Å². The fraction of sp³-hybridized carbons (Fsp3) is 0.310. The van der Waals surface area contributed by atoms with Crippen molar-refractivity contribution in [3.63, 3.8) is 0 Å². The number of anilines is 1. The number of amides is 1. The number of aromatic nitrogens is 4. The molecular weight excluding hydrogens is 496 g/mol. The van der Waals surface area contributed by atoms with Gasteiger partial charge in [-0.15, -0.1) is 0 Å². The summed E-state index contributed by atoms with van der Waals surface area (Å²) in [5, 5.41) is 15.5. The summed E-state index contributed by atoms with van der Waals surface area (Å²) < 4.78 is 7.27. The van der Waals surface area contributed by atoms with Gasteiger partial charge in [0.1, 0.15) is 11.5 Å². The van der Waals surface area contributed by atoms with Gasteiger partial charge in [-0.25, -0.2) is 9.97 Å². The highest BCUT2D eigenvalue weighted by atomic mass is 32.1. The molecule has 1 aliphatic rings. The number of pyridine rings is 1. The summed E-state index contributed by atoms with van der Waals surface area (Å²) >= 11 is 1.46. The highest BCUT2D eigenvalue weighted by molar-refractivity contribution is 7.22. The van der Waals surface area contributed by atoms with Crippen LogP contribution >= 0.6 is 11.3 Å². The summed E-state index contributed by atoms with van der Waals surface area (Å²) in [4.78, 5) is 21.7. The van der Waals surface area contributed by atoms with Crippen molar-refractivity contribution >= 4 is 43.6 Å². The van der Waals surface area contributed by atoms with Gasteiger partial charge in [-0.1, -0.05) is 29.9 Å². The number of unbranched alkanes of at least 4 members (excludes halogenated alkanes) is 1. The number of carbonyl (C=O) groups is 1. The Morgan fingerprint density at radius 2 is 2.00 bits per heavy atom. The number of ether oxygens (including phenoxy) is 1. The maximum atomic E-state index is 12.8. The first-order chi connectivity index (χ1) is 18.7. The number of hydrogen-bond donors (Lipinski definition) is 3. The molecule has 0 bridgehead atoms. The molecule has 0 radical (unpaired) electrons. The third-order valence-electron chi connectivity index (χ3n) is 7.04. The summed E-state index contributed by atoms with van der Waals surface area (Å²) in [5.74, 6) is 1.95. The van der Waals surface area contributed by atoms with Crippen LogP contribution in [0.3, 0.4) is 0 Å². The molecule has 1 aliphatic heterocycles. The summed E-state index contributed by atoms with van der Waals surface area (Å²) in [6, 6.07) is 16.8. The molecule has 6 rings (SSSR count). The van der Waals surface area contributed by atoms with E-state index in [1.807, 2.05) is 30.3 Å². The number of nitrogens with zero attached hydrogens (tertiary/aromatic N) is 3. The van der Waals surface area contributed by atoms with E-state index in [1.165, 1.54) is 37.0 Å². The van der Waals surface area contributed by atoms with E-state index in [1.54, 1.807) is 30.5 Å². The molecule has 1 amide bonds. The highest BCUT2D eigenvalue weighted by Gasteiger charge is 2.16. The highest BCUT2D eigenvalue weighted by Crippen LogP contribution is 2.32. The Labute approximate surface area is 224 Å². The predicted molar refractivity (Wildman–Crippen MR) is 151 cm³/mol. The largest absolute Gasteiger partial charge is 0.456 e. The van der Waals surface area contributed by atoms with E-state index < -0.39 is 0 Å². The van der Waals surface area contributed by atoms with Crippen LogP contribution in [0.25, 0.3) is 21.3 Å². The summed E-state index contributed by atoms with van der Waals surface area (Å²) in [7, 11) is 0. The number of rotatable bonds is 9. The third kappa shape index (κ3) is 5.54. The van der Waals surface area contributed by atoms with Gasteiger partial charge in [-0.2, -0.15) is 5.10 Å². The molecule has 4 heterocycles. The molecule has 8 nitrogen and oxygen atoms in total. The van der Waals surface area contributed by atoms with Crippen molar-refractivity contribution < 1.29 is 9.53 Å². The molecule has 1 fully saturated rings. The number of nitrogens with one attached hydrogen (secondary N) is 3. The normalized spacial score (nSPS) is 15.6. The Hall–Kier alpha value is -3.82. The van der Waals surface area contributed by atoms with Gasteiger partial charge in [-0.3, -0.25) is 15.2 Å². The van der Waals surface area contributed by atoms with Crippen molar-refractivity contribution in [1.82, 2.24) is 25.5 Å². The van der Waals surface area contributed by atoms with Gasteiger partial charge >= 0.3 is 0 Å². The molecule has 0 unspecified atom stereocenters. The minimum atomic E-state index is -0.206. The molecule has 1 saturated heterocycles. The lowest BCUT2D eigenvalue weighted by Crippen LogP contribution is -2.29. The van der Waals surface area contributed by atoms with Crippen LogP contribution in [0.15, 0.2) is 60.8 Å². The Morgan fingerprint density at radius 1 is 1.11 bits per heavy atom. The predicted octanol–water partition coefficient (Wildman–Crippen LogP) is 6.32. The quantitative estimate of drug-likeness (QED) is 0.194. The van der Waals surface area contributed by atoms with E-state index in [0.29, 0.717) is 27.8 Å². The number of thiazole rings is 1. The second-order valence-electron chi connectivity index (χ2n) is 9.74. The van der Waals surface area contributed by atoms with Gasteiger partial charge in [0.25, 0.3) is 5.91 Å². The monoisotopic (exact) mass is 526 g/mol. The number of hydrogen-bond acceptors (Lipinski definition) is 7. The number of H-pyrrole nitrogens is 1. The number of piperidine rings is 1. The van der Waals surface area contributed by atoms with Crippen LogP contribution in [-0.2, 0) is 6.42 Å².